The highest BCUT2D eigenvalue weighted by molar-refractivity contribution is 6.07. The molecule has 0 amide bonds. The summed E-state index contributed by atoms with van der Waals surface area (Å²) in [6, 6.07) is 53.3. The maximum absolute atomic E-state index is 6.62. The minimum absolute atomic E-state index is 0.00846. The number of aliphatic imine (C=N–C) groups is 1. The minimum atomic E-state index is 0.00846. The van der Waals surface area contributed by atoms with Crippen molar-refractivity contribution in [3.05, 3.63) is 180 Å². The second-order valence-corrected chi connectivity index (χ2v) is 12.5. The molecule has 5 heteroatoms. The lowest BCUT2D eigenvalue weighted by atomic mass is 9.95. The predicted molar refractivity (Wildman–Crippen MR) is 195 cm³/mol. The molecule has 6 aromatic carbocycles. The Labute approximate surface area is 278 Å². The molecule has 5 nitrogen and oxygen atoms in total. The third kappa shape index (κ3) is 4.21. The molecule has 0 bridgehead atoms. The van der Waals surface area contributed by atoms with Gasteiger partial charge in [0.25, 0.3) is 0 Å². The van der Waals surface area contributed by atoms with E-state index in [2.05, 4.69) is 167 Å². The lowest BCUT2D eigenvalue weighted by Gasteiger charge is -2.32. The molecule has 48 heavy (non-hydrogen) atoms. The number of amidine groups is 1. The van der Waals surface area contributed by atoms with Crippen LogP contribution in [-0.4, -0.2) is 5.84 Å². The molecule has 2 unspecified atom stereocenters. The Balaban J connectivity index is 1.05. The molecular formula is C43H30N4O. The Morgan fingerprint density at radius 2 is 1.31 bits per heavy atom. The van der Waals surface area contributed by atoms with Crippen molar-refractivity contribution in [1.82, 2.24) is 5.32 Å². The van der Waals surface area contributed by atoms with Gasteiger partial charge in [-0.15, -0.1) is 0 Å². The standard InChI is InChI=1S/C43H30N4O/c1-3-11-28(12-4-1)36-26-37(45-42(44-36)30-13-5-2-6-14-30)29-21-19-27(20-22-29)31-23-24-39-34(25-31)40-41(48-39)32-15-7-8-16-33(32)43-46-35-17-9-10-18-38(35)47(40)43/h1-26,36,43,46H,(H,44,45). The molecule has 0 saturated heterocycles. The first-order valence-corrected chi connectivity index (χ1v) is 16.4. The SMILES string of the molecule is C1=C(c2ccc(-c3ccc4oc5c(c4c3)N3c4ccccc4NC3c3ccccc3-5)cc2)N=C(c2ccccc2)NC1c1ccccc1. The Hall–Kier alpha value is -6.33. The van der Waals surface area contributed by atoms with Gasteiger partial charge in [-0.1, -0.05) is 127 Å². The van der Waals surface area contributed by atoms with E-state index in [0.29, 0.717) is 0 Å². The second kappa shape index (κ2) is 10.6. The minimum Gasteiger partial charge on any atom is -0.454 e. The number of rotatable bonds is 4. The van der Waals surface area contributed by atoms with E-state index in [-0.39, 0.29) is 12.2 Å². The Bertz CT molecular complexity index is 2410. The van der Waals surface area contributed by atoms with Crippen LogP contribution in [0, 0.1) is 0 Å². The van der Waals surface area contributed by atoms with Gasteiger partial charge in [0.2, 0.25) is 0 Å². The summed E-state index contributed by atoms with van der Waals surface area (Å²) in [5, 5.41) is 8.51. The van der Waals surface area contributed by atoms with Gasteiger partial charge >= 0.3 is 0 Å². The maximum Gasteiger partial charge on any atom is 0.159 e. The number of para-hydroxylation sites is 2. The van der Waals surface area contributed by atoms with Crippen molar-refractivity contribution in [2.45, 2.75) is 12.2 Å². The first-order chi connectivity index (χ1) is 23.8. The lowest BCUT2D eigenvalue weighted by Crippen LogP contribution is -2.31. The fraction of sp³-hybridized carbons (Fsp3) is 0.0465. The van der Waals surface area contributed by atoms with Gasteiger partial charge in [-0.3, -0.25) is 0 Å². The smallest absolute Gasteiger partial charge is 0.159 e. The van der Waals surface area contributed by atoms with Crippen molar-refractivity contribution >= 4 is 39.6 Å². The van der Waals surface area contributed by atoms with Gasteiger partial charge in [-0.05, 0) is 52.6 Å². The van der Waals surface area contributed by atoms with Gasteiger partial charge in [0.15, 0.2) is 5.76 Å². The summed E-state index contributed by atoms with van der Waals surface area (Å²) in [5.74, 6) is 1.79. The lowest BCUT2D eigenvalue weighted by molar-refractivity contribution is 0.622. The van der Waals surface area contributed by atoms with Crippen molar-refractivity contribution in [2.24, 2.45) is 4.99 Å². The molecule has 228 valence electrons. The Kier molecular flexibility index (Phi) is 5.93. The summed E-state index contributed by atoms with van der Waals surface area (Å²) in [4.78, 5) is 7.50. The number of benzene rings is 6. The molecule has 2 N–H and O–H groups in total. The first kappa shape index (κ1) is 26.8. The summed E-state index contributed by atoms with van der Waals surface area (Å²) in [6.07, 6.45) is 2.23. The van der Waals surface area contributed by atoms with E-state index in [1.807, 2.05) is 6.07 Å². The molecule has 2 atom stereocenters. The molecule has 7 aromatic rings. The predicted octanol–water partition coefficient (Wildman–Crippen LogP) is 10.5. The number of furan rings is 1. The zero-order valence-electron chi connectivity index (χ0n) is 26.0. The molecule has 0 fully saturated rings. The number of anilines is 3. The zero-order chi connectivity index (χ0) is 31.6. The second-order valence-electron chi connectivity index (χ2n) is 12.5. The van der Waals surface area contributed by atoms with E-state index in [1.165, 1.54) is 11.1 Å². The van der Waals surface area contributed by atoms with E-state index in [1.54, 1.807) is 0 Å². The van der Waals surface area contributed by atoms with Crippen LogP contribution in [0.25, 0.3) is 39.1 Å². The molecule has 0 aliphatic carbocycles. The van der Waals surface area contributed by atoms with Gasteiger partial charge < -0.3 is 20.0 Å². The van der Waals surface area contributed by atoms with E-state index in [0.717, 1.165) is 73.1 Å². The van der Waals surface area contributed by atoms with Crippen molar-refractivity contribution in [1.29, 1.82) is 0 Å². The summed E-state index contributed by atoms with van der Waals surface area (Å²) in [5.41, 5.74) is 13.2. The highest BCUT2D eigenvalue weighted by Gasteiger charge is 2.40. The highest BCUT2D eigenvalue weighted by Crippen LogP contribution is 2.57. The molecule has 4 heterocycles. The van der Waals surface area contributed by atoms with Crippen LogP contribution in [-0.2, 0) is 0 Å². The van der Waals surface area contributed by atoms with Crippen LogP contribution >= 0.6 is 0 Å². The molecule has 0 saturated carbocycles. The summed E-state index contributed by atoms with van der Waals surface area (Å²) in [6.45, 7) is 0. The van der Waals surface area contributed by atoms with E-state index >= 15 is 0 Å². The number of fused-ring (bicyclic) bond motifs is 10. The van der Waals surface area contributed by atoms with Crippen LogP contribution < -0.4 is 15.5 Å². The topological polar surface area (TPSA) is 52.8 Å². The monoisotopic (exact) mass is 618 g/mol. The first-order valence-electron chi connectivity index (χ1n) is 16.4. The maximum atomic E-state index is 6.62. The number of nitrogens with zero attached hydrogens (tertiary/aromatic N) is 2. The average molecular weight is 619 g/mol. The van der Waals surface area contributed by atoms with Gasteiger partial charge in [0, 0.05) is 22.1 Å². The van der Waals surface area contributed by atoms with Crippen LogP contribution in [0.4, 0.5) is 17.1 Å². The van der Waals surface area contributed by atoms with Gasteiger partial charge in [-0.25, -0.2) is 4.99 Å². The van der Waals surface area contributed by atoms with Gasteiger partial charge in [-0.2, -0.15) is 0 Å². The van der Waals surface area contributed by atoms with Crippen molar-refractivity contribution < 1.29 is 4.42 Å². The quantitative estimate of drug-likeness (QED) is 0.206. The Morgan fingerprint density at radius 1 is 0.604 bits per heavy atom. The van der Waals surface area contributed by atoms with Crippen LogP contribution in [0.15, 0.2) is 167 Å². The molecule has 0 radical (unpaired) electrons. The molecule has 1 aromatic heterocycles. The summed E-state index contributed by atoms with van der Waals surface area (Å²) < 4.78 is 6.62. The third-order valence-corrected chi connectivity index (χ3v) is 9.69. The fourth-order valence-electron chi connectivity index (χ4n) is 7.37. The highest BCUT2D eigenvalue weighted by atomic mass is 16.3. The van der Waals surface area contributed by atoms with Crippen molar-refractivity contribution in [2.75, 3.05) is 10.2 Å². The number of nitrogens with one attached hydrogen (secondary N) is 2. The van der Waals surface area contributed by atoms with Crippen molar-refractivity contribution in [3.8, 4) is 22.5 Å². The third-order valence-electron chi connectivity index (χ3n) is 9.69. The van der Waals surface area contributed by atoms with Crippen LogP contribution in [0.5, 0.6) is 0 Å². The number of hydrogen-bond acceptors (Lipinski definition) is 5. The van der Waals surface area contributed by atoms with E-state index in [9.17, 15) is 0 Å². The molecule has 3 aliphatic rings. The van der Waals surface area contributed by atoms with Crippen molar-refractivity contribution in [3.63, 3.8) is 0 Å². The van der Waals surface area contributed by atoms with Crippen LogP contribution in [0.3, 0.4) is 0 Å². The summed E-state index contributed by atoms with van der Waals surface area (Å²) >= 11 is 0. The van der Waals surface area contributed by atoms with Crippen LogP contribution in [0.2, 0.25) is 0 Å². The number of hydrogen-bond donors (Lipinski definition) is 2. The summed E-state index contributed by atoms with van der Waals surface area (Å²) in [7, 11) is 0. The normalized spacial score (nSPS) is 17.3. The van der Waals surface area contributed by atoms with Gasteiger partial charge in [0.05, 0.1) is 28.8 Å². The fourth-order valence-corrected chi connectivity index (χ4v) is 7.37. The Morgan fingerprint density at radius 3 is 2.17 bits per heavy atom. The molecule has 0 spiro atoms. The zero-order valence-corrected chi connectivity index (χ0v) is 26.0. The van der Waals surface area contributed by atoms with E-state index < -0.39 is 0 Å². The molecular weight excluding hydrogens is 589 g/mol. The van der Waals surface area contributed by atoms with Crippen LogP contribution in [0.1, 0.15) is 34.5 Å². The molecule has 3 aliphatic heterocycles. The largest absolute Gasteiger partial charge is 0.454 e. The van der Waals surface area contributed by atoms with Gasteiger partial charge in [0.1, 0.15) is 17.6 Å². The average Bonchev–Trinajstić information content (AvgIpc) is 3.74. The van der Waals surface area contributed by atoms with E-state index in [4.69, 9.17) is 9.41 Å². The molecule has 10 rings (SSSR count).